The van der Waals surface area contributed by atoms with Crippen LogP contribution in [0, 0.1) is 11.6 Å². The van der Waals surface area contributed by atoms with Crippen LogP contribution < -0.4 is 0 Å². The number of aryl methyl sites for hydroxylation is 1. The minimum atomic E-state index is -0.863. The fourth-order valence-electron chi connectivity index (χ4n) is 1.67. The van der Waals surface area contributed by atoms with Crippen molar-refractivity contribution in [1.82, 2.24) is 0 Å². The van der Waals surface area contributed by atoms with Gasteiger partial charge in [0.15, 0.2) is 0 Å². The van der Waals surface area contributed by atoms with Gasteiger partial charge in [0, 0.05) is 6.42 Å². The summed E-state index contributed by atoms with van der Waals surface area (Å²) < 4.78 is 31.9. The summed E-state index contributed by atoms with van der Waals surface area (Å²) in [5, 5.41) is 0. The maximum atomic E-state index is 13.4. The van der Waals surface area contributed by atoms with E-state index in [9.17, 15) is 13.6 Å². The van der Waals surface area contributed by atoms with Crippen molar-refractivity contribution < 1.29 is 18.0 Å². The monoisotopic (exact) mass is 236 g/mol. The predicted octanol–water partition coefficient (Wildman–Crippen LogP) is 3.35. The van der Waals surface area contributed by atoms with Gasteiger partial charge in [0.1, 0.15) is 17.4 Å². The van der Waals surface area contributed by atoms with Gasteiger partial charge in [-0.25, -0.2) is 8.78 Å². The van der Waals surface area contributed by atoms with E-state index < -0.39 is 23.0 Å². The molecule has 0 atom stereocenters. The summed E-state index contributed by atoms with van der Waals surface area (Å²) >= 11 is 0. The largest absolute Gasteiger partial charge is 0.469 e. The van der Waals surface area contributed by atoms with E-state index in [0.717, 1.165) is 12.1 Å². The van der Waals surface area contributed by atoms with Gasteiger partial charge >= 0.3 is 0 Å². The Bertz CT molecular complexity index is 538. The molecule has 0 amide bonds. The molecule has 88 valence electrons. The van der Waals surface area contributed by atoms with E-state index in [2.05, 4.69) is 0 Å². The van der Waals surface area contributed by atoms with Gasteiger partial charge in [-0.05, 0) is 18.2 Å². The first-order valence-corrected chi connectivity index (χ1v) is 5.20. The van der Waals surface area contributed by atoms with Crippen LogP contribution in [0.4, 0.5) is 8.78 Å². The lowest BCUT2D eigenvalue weighted by Gasteiger charge is -2.03. The van der Waals surface area contributed by atoms with Crippen molar-refractivity contribution in [2.45, 2.75) is 13.3 Å². The fourth-order valence-corrected chi connectivity index (χ4v) is 1.67. The molecule has 0 bridgehead atoms. The minimum absolute atomic E-state index is 0.205. The van der Waals surface area contributed by atoms with Crippen LogP contribution >= 0.6 is 0 Å². The Morgan fingerprint density at radius 2 is 1.88 bits per heavy atom. The third kappa shape index (κ3) is 1.98. The summed E-state index contributed by atoms with van der Waals surface area (Å²) in [5.74, 6) is -1.99. The van der Waals surface area contributed by atoms with Crippen molar-refractivity contribution in [1.29, 1.82) is 0 Å². The molecule has 0 N–H and O–H groups in total. The molecule has 17 heavy (non-hydrogen) atoms. The average molecular weight is 236 g/mol. The van der Waals surface area contributed by atoms with Crippen molar-refractivity contribution in [3.63, 3.8) is 0 Å². The van der Waals surface area contributed by atoms with Crippen LogP contribution in [0.15, 0.2) is 34.9 Å². The van der Waals surface area contributed by atoms with Crippen LogP contribution in [0.25, 0.3) is 0 Å². The number of rotatable bonds is 3. The summed E-state index contributed by atoms with van der Waals surface area (Å²) in [4.78, 5) is 12.0. The summed E-state index contributed by atoms with van der Waals surface area (Å²) in [6.45, 7) is 1.80. The number of carbonyl (C=O) groups excluding carboxylic acids is 1. The fraction of sp³-hybridized carbons (Fsp3) is 0.154. The van der Waals surface area contributed by atoms with Gasteiger partial charge in [0.05, 0.1) is 17.4 Å². The van der Waals surface area contributed by atoms with Gasteiger partial charge in [0.25, 0.3) is 0 Å². The molecule has 1 heterocycles. The topological polar surface area (TPSA) is 30.2 Å². The molecule has 0 aliphatic rings. The number of hydrogen-bond donors (Lipinski definition) is 0. The smallest absolute Gasteiger partial charge is 0.202 e. The summed E-state index contributed by atoms with van der Waals surface area (Å²) in [6.07, 6.45) is 1.83. The van der Waals surface area contributed by atoms with E-state index in [1.807, 2.05) is 0 Å². The molecule has 2 nitrogen and oxygen atoms in total. The normalized spacial score (nSPS) is 10.5. The SMILES string of the molecule is CCc1occc1C(=O)c1c(F)cccc1F. The molecular formula is C13H10F2O2. The standard InChI is InChI=1S/C13H10F2O2/c1-2-11-8(6-7-17-11)13(16)12-9(14)4-3-5-10(12)15/h3-7H,2H2,1H3. The molecule has 0 aliphatic heterocycles. The highest BCUT2D eigenvalue weighted by Crippen LogP contribution is 2.20. The number of carbonyl (C=O) groups is 1. The summed E-state index contributed by atoms with van der Waals surface area (Å²) in [6, 6.07) is 4.76. The molecule has 0 fully saturated rings. The Balaban J connectivity index is 2.51. The zero-order valence-electron chi connectivity index (χ0n) is 9.17. The zero-order chi connectivity index (χ0) is 12.4. The van der Waals surface area contributed by atoms with E-state index in [1.165, 1.54) is 18.4 Å². The van der Waals surface area contributed by atoms with Gasteiger partial charge < -0.3 is 4.42 Å². The lowest BCUT2D eigenvalue weighted by molar-refractivity contribution is 0.102. The van der Waals surface area contributed by atoms with E-state index >= 15 is 0 Å². The van der Waals surface area contributed by atoms with Crippen molar-refractivity contribution >= 4 is 5.78 Å². The Kier molecular flexibility index (Phi) is 3.04. The molecule has 4 heteroatoms. The Labute approximate surface area is 96.9 Å². The highest BCUT2D eigenvalue weighted by molar-refractivity contribution is 6.09. The first-order chi connectivity index (χ1) is 8.15. The minimum Gasteiger partial charge on any atom is -0.469 e. The number of furan rings is 1. The predicted molar refractivity (Wildman–Crippen MR) is 57.9 cm³/mol. The molecule has 0 spiro atoms. The maximum absolute atomic E-state index is 13.4. The molecule has 0 unspecified atom stereocenters. The molecule has 2 aromatic rings. The van der Waals surface area contributed by atoms with Crippen LogP contribution in [-0.2, 0) is 6.42 Å². The zero-order valence-corrected chi connectivity index (χ0v) is 9.17. The second kappa shape index (κ2) is 4.49. The Hall–Kier alpha value is -1.97. The van der Waals surface area contributed by atoms with Gasteiger partial charge in [-0.15, -0.1) is 0 Å². The summed E-state index contributed by atoms with van der Waals surface area (Å²) in [7, 11) is 0. The van der Waals surface area contributed by atoms with E-state index in [-0.39, 0.29) is 5.56 Å². The molecule has 1 aromatic carbocycles. The first kappa shape index (κ1) is 11.5. The van der Waals surface area contributed by atoms with E-state index in [1.54, 1.807) is 6.92 Å². The van der Waals surface area contributed by atoms with Gasteiger partial charge in [-0.1, -0.05) is 13.0 Å². The first-order valence-electron chi connectivity index (χ1n) is 5.20. The van der Waals surface area contributed by atoms with Gasteiger partial charge in [0.2, 0.25) is 5.78 Å². The third-order valence-corrected chi connectivity index (χ3v) is 2.50. The average Bonchev–Trinajstić information content (AvgIpc) is 2.76. The molecule has 0 radical (unpaired) electrons. The highest BCUT2D eigenvalue weighted by Gasteiger charge is 2.22. The van der Waals surface area contributed by atoms with Crippen molar-refractivity contribution in [2.24, 2.45) is 0 Å². The number of halogens is 2. The van der Waals surface area contributed by atoms with E-state index in [0.29, 0.717) is 12.2 Å². The number of ketones is 1. The van der Waals surface area contributed by atoms with Gasteiger partial charge in [-0.3, -0.25) is 4.79 Å². The molecule has 1 aromatic heterocycles. The van der Waals surface area contributed by atoms with Crippen LogP contribution in [0.3, 0.4) is 0 Å². The molecular weight excluding hydrogens is 226 g/mol. The quantitative estimate of drug-likeness (QED) is 0.765. The highest BCUT2D eigenvalue weighted by atomic mass is 19.1. The Morgan fingerprint density at radius 3 is 2.47 bits per heavy atom. The van der Waals surface area contributed by atoms with E-state index in [4.69, 9.17) is 4.42 Å². The van der Waals surface area contributed by atoms with Crippen molar-refractivity contribution in [2.75, 3.05) is 0 Å². The summed E-state index contributed by atoms with van der Waals surface area (Å²) in [5.41, 5.74) is -0.333. The molecule has 0 saturated carbocycles. The second-order valence-electron chi connectivity index (χ2n) is 3.54. The van der Waals surface area contributed by atoms with Gasteiger partial charge in [-0.2, -0.15) is 0 Å². The molecule has 2 rings (SSSR count). The maximum Gasteiger partial charge on any atom is 0.202 e. The Morgan fingerprint density at radius 1 is 1.24 bits per heavy atom. The molecule has 0 saturated heterocycles. The second-order valence-corrected chi connectivity index (χ2v) is 3.54. The van der Waals surface area contributed by atoms with Crippen LogP contribution in [-0.4, -0.2) is 5.78 Å². The lowest BCUT2D eigenvalue weighted by atomic mass is 10.0. The van der Waals surface area contributed by atoms with Crippen LogP contribution in [0.5, 0.6) is 0 Å². The number of hydrogen-bond acceptors (Lipinski definition) is 2. The van der Waals surface area contributed by atoms with Crippen molar-refractivity contribution in [3.05, 3.63) is 59.1 Å². The lowest BCUT2D eigenvalue weighted by Crippen LogP contribution is -2.08. The van der Waals surface area contributed by atoms with Crippen molar-refractivity contribution in [3.8, 4) is 0 Å². The molecule has 0 aliphatic carbocycles. The third-order valence-electron chi connectivity index (χ3n) is 2.50. The van der Waals surface area contributed by atoms with Crippen LogP contribution in [0.2, 0.25) is 0 Å². The number of benzene rings is 1. The van der Waals surface area contributed by atoms with Crippen LogP contribution in [0.1, 0.15) is 28.6 Å².